The van der Waals surface area contributed by atoms with E-state index in [1.807, 2.05) is 43.3 Å². The predicted molar refractivity (Wildman–Crippen MR) is 87.4 cm³/mol. The fourth-order valence-electron chi connectivity index (χ4n) is 2.77. The average molecular weight is 320 g/mol. The summed E-state index contributed by atoms with van der Waals surface area (Å²) in [6.07, 6.45) is 3.40. The number of nitrogens with zero attached hydrogens (tertiary/aromatic N) is 4. The Morgan fingerprint density at radius 1 is 1.25 bits per heavy atom. The topological polar surface area (TPSA) is 72.1 Å². The molecule has 2 aromatic heterocycles. The van der Waals surface area contributed by atoms with Gasteiger partial charge in [0.05, 0.1) is 5.92 Å². The molecule has 6 heteroatoms. The van der Waals surface area contributed by atoms with E-state index in [0.29, 0.717) is 24.8 Å². The van der Waals surface area contributed by atoms with Gasteiger partial charge in [-0.25, -0.2) is 0 Å². The van der Waals surface area contributed by atoms with E-state index < -0.39 is 0 Å². The number of hydrogen-bond acceptors (Lipinski definition) is 5. The molecular weight excluding hydrogens is 304 g/mol. The summed E-state index contributed by atoms with van der Waals surface area (Å²) in [4.78, 5) is 22.7. The van der Waals surface area contributed by atoms with Gasteiger partial charge in [0.15, 0.2) is 0 Å². The molecular formula is C18H16N4O2. The van der Waals surface area contributed by atoms with E-state index in [9.17, 15) is 4.79 Å². The van der Waals surface area contributed by atoms with Gasteiger partial charge in [-0.2, -0.15) is 4.98 Å². The van der Waals surface area contributed by atoms with Gasteiger partial charge in [0.2, 0.25) is 11.7 Å². The Morgan fingerprint density at radius 3 is 2.88 bits per heavy atom. The molecule has 1 saturated heterocycles. The van der Waals surface area contributed by atoms with Crippen LogP contribution in [0.3, 0.4) is 0 Å². The summed E-state index contributed by atoms with van der Waals surface area (Å²) < 4.78 is 5.35. The summed E-state index contributed by atoms with van der Waals surface area (Å²) in [5.74, 6) is 1.24. The molecule has 0 saturated carbocycles. The van der Waals surface area contributed by atoms with Gasteiger partial charge >= 0.3 is 0 Å². The molecule has 1 amide bonds. The van der Waals surface area contributed by atoms with Crippen molar-refractivity contribution in [2.75, 3.05) is 13.1 Å². The van der Waals surface area contributed by atoms with Crippen LogP contribution < -0.4 is 0 Å². The maximum Gasteiger partial charge on any atom is 0.253 e. The third-order valence-corrected chi connectivity index (χ3v) is 4.14. The van der Waals surface area contributed by atoms with E-state index in [1.165, 1.54) is 0 Å². The SMILES string of the molecule is Cc1cccc(C(=O)N2CC(c3nc(-c4cccnc4)no3)C2)c1. The quantitative estimate of drug-likeness (QED) is 0.742. The van der Waals surface area contributed by atoms with Crippen LogP contribution in [0.2, 0.25) is 0 Å². The van der Waals surface area contributed by atoms with Crippen LogP contribution in [-0.2, 0) is 0 Å². The molecule has 0 spiro atoms. The van der Waals surface area contributed by atoms with Crippen LogP contribution in [0.15, 0.2) is 53.3 Å². The molecule has 3 aromatic rings. The van der Waals surface area contributed by atoms with Crippen molar-refractivity contribution in [2.24, 2.45) is 0 Å². The average Bonchev–Trinajstić information content (AvgIpc) is 3.04. The summed E-state index contributed by atoms with van der Waals surface area (Å²) in [5, 5.41) is 4.00. The number of aromatic nitrogens is 3. The molecule has 0 aliphatic carbocycles. The van der Waals surface area contributed by atoms with Crippen LogP contribution in [0.1, 0.15) is 27.7 Å². The number of aryl methyl sites for hydroxylation is 1. The van der Waals surface area contributed by atoms with E-state index in [2.05, 4.69) is 15.1 Å². The maximum absolute atomic E-state index is 12.4. The number of carbonyl (C=O) groups is 1. The van der Waals surface area contributed by atoms with Crippen LogP contribution in [-0.4, -0.2) is 39.0 Å². The first kappa shape index (κ1) is 14.6. The molecule has 0 atom stereocenters. The maximum atomic E-state index is 12.4. The summed E-state index contributed by atoms with van der Waals surface area (Å²) in [7, 11) is 0. The molecule has 0 bridgehead atoms. The van der Waals surface area contributed by atoms with Gasteiger partial charge in [-0.05, 0) is 31.2 Å². The Morgan fingerprint density at radius 2 is 2.12 bits per heavy atom. The van der Waals surface area contributed by atoms with Crippen LogP contribution in [0.4, 0.5) is 0 Å². The fourth-order valence-corrected chi connectivity index (χ4v) is 2.77. The van der Waals surface area contributed by atoms with Crippen molar-refractivity contribution in [3.8, 4) is 11.4 Å². The third-order valence-electron chi connectivity index (χ3n) is 4.14. The highest BCUT2D eigenvalue weighted by atomic mass is 16.5. The molecule has 0 unspecified atom stereocenters. The molecule has 4 rings (SSSR count). The number of amides is 1. The zero-order valence-electron chi connectivity index (χ0n) is 13.2. The lowest BCUT2D eigenvalue weighted by Crippen LogP contribution is -2.48. The van der Waals surface area contributed by atoms with Crippen LogP contribution in [0, 0.1) is 6.92 Å². The first-order chi connectivity index (χ1) is 11.7. The van der Waals surface area contributed by atoms with E-state index >= 15 is 0 Å². The van der Waals surface area contributed by atoms with Crippen molar-refractivity contribution in [2.45, 2.75) is 12.8 Å². The second-order valence-electron chi connectivity index (χ2n) is 5.97. The second-order valence-corrected chi connectivity index (χ2v) is 5.97. The molecule has 3 heterocycles. The molecule has 1 fully saturated rings. The molecule has 0 N–H and O–H groups in total. The molecule has 120 valence electrons. The minimum absolute atomic E-state index is 0.0435. The Labute approximate surface area is 139 Å². The summed E-state index contributed by atoms with van der Waals surface area (Å²) in [5.41, 5.74) is 2.62. The normalized spacial score (nSPS) is 14.5. The first-order valence-corrected chi connectivity index (χ1v) is 7.80. The lowest BCUT2D eigenvalue weighted by Gasteiger charge is -2.37. The van der Waals surface area contributed by atoms with Crippen molar-refractivity contribution in [1.82, 2.24) is 20.0 Å². The smallest absolute Gasteiger partial charge is 0.253 e. The number of rotatable bonds is 3. The lowest BCUT2D eigenvalue weighted by atomic mass is 9.98. The van der Waals surface area contributed by atoms with Crippen LogP contribution >= 0.6 is 0 Å². The van der Waals surface area contributed by atoms with Gasteiger partial charge in [0.1, 0.15) is 0 Å². The summed E-state index contributed by atoms with van der Waals surface area (Å²) >= 11 is 0. The molecule has 1 aliphatic heterocycles. The van der Waals surface area contributed by atoms with E-state index in [-0.39, 0.29) is 11.8 Å². The Bertz CT molecular complexity index is 869. The van der Waals surface area contributed by atoms with E-state index in [1.54, 1.807) is 17.3 Å². The minimum Gasteiger partial charge on any atom is -0.339 e. The fraction of sp³-hybridized carbons (Fsp3) is 0.222. The third kappa shape index (κ3) is 2.67. The lowest BCUT2D eigenvalue weighted by molar-refractivity contribution is 0.0569. The van der Waals surface area contributed by atoms with E-state index in [0.717, 1.165) is 16.7 Å². The number of likely N-dealkylation sites (tertiary alicyclic amines) is 1. The number of pyridine rings is 1. The van der Waals surface area contributed by atoms with Crippen molar-refractivity contribution < 1.29 is 9.32 Å². The van der Waals surface area contributed by atoms with Gasteiger partial charge in [0.25, 0.3) is 5.91 Å². The number of benzene rings is 1. The largest absolute Gasteiger partial charge is 0.339 e. The summed E-state index contributed by atoms with van der Waals surface area (Å²) in [6, 6.07) is 11.3. The van der Waals surface area contributed by atoms with Crippen LogP contribution in [0.25, 0.3) is 11.4 Å². The Hall–Kier alpha value is -3.02. The van der Waals surface area contributed by atoms with Crippen molar-refractivity contribution >= 4 is 5.91 Å². The molecule has 0 radical (unpaired) electrons. The zero-order valence-corrected chi connectivity index (χ0v) is 13.2. The highest BCUT2D eigenvalue weighted by Gasteiger charge is 2.36. The number of carbonyl (C=O) groups excluding carboxylic acids is 1. The Balaban J connectivity index is 1.43. The summed E-state index contributed by atoms with van der Waals surface area (Å²) in [6.45, 7) is 3.18. The van der Waals surface area contributed by atoms with Crippen molar-refractivity contribution in [1.29, 1.82) is 0 Å². The van der Waals surface area contributed by atoms with Gasteiger partial charge in [-0.3, -0.25) is 9.78 Å². The second kappa shape index (κ2) is 5.88. The van der Waals surface area contributed by atoms with Crippen molar-refractivity contribution in [3.05, 3.63) is 65.8 Å². The highest BCUT2D eigenvalue weighted by Crippen LogP contribution is 2.28. The highest BCUT2D eigenvalue weighted by molar-refractivity contribution is 5.95. The molecule has 24 heavy (non-hydrogen) atoms. The number of hydrogen-bond donors (Lipinski definition) is 0. The minimum atomic E-state index is 0.0435. The van der Waals surface area contributed by atoms with Crippen molar-refractivity contribution in [3.63, 3.8) is 0 Å². The monoisotopic (exact) mass is 320 g/mol. The van der Waals surface area contributed by atoms with Crippen LogP contribution in [0.5, 0.6) is 0 Å². The zero-order chi connectivity index (χ0) is 16.5. The standard InChI is InChI=1S/C18H16N4O2/c1-12-4-2-5-13(8-12)18(23)22-10-15(11-22)17-20-16(21-24-17)14-6-3-7-19-9-14/h2-9,15H,10-11H2,1H3. The van der Waals surface area contributed by atoms with Gasteiger partial charge < -0.3 is 9.42 Å². The molecule has 1 aromatic carbocycles. The van der Waals surface area contributed by atoms with Gasteiger partial charge in [-0.15, -0.1) is 0 Å². The first-order valence-electron chi connectivity index (χ1n) is 7.80. The predicted octanol–water partition coefficient (Wildman–Crippen LogP) is 2.68. The van der Waals surface area contributed by atoms with Gasteiger partial charge in [-0.1, -0.05) is 22.9 Å². The molecule has 6 nitrogen and oxygen atoms in total. The van der Waals surface area contributed by atoms with Gasteiger partial charge in [0, 0.05) is 36.6 Å². The van der Waals surface area contributed by atoms with E-state index in [4.69, 9.17) is 4.52 Å². The molecule has 1 aliphatic rings. The Kier molecular flexibility index (Phi) is 3.57.